The number of piperazine rings is 1. The molecule has 23 heavy (non-hydrogen) atoms. The fraction of sp³-hybridized carbons (Fsp3) is 0.611. The van der Waals surface area contributed by atoms with Gasteiger partial charge in [0, 0.05) is 37.7 Å². The van der Waals surface area contributed by atoms with Crippen molar-refractivity contribution in [1.29, 1.82) is 0 Å². The van der Waals surface area contributed by atoms with E-state index in [0.717, 1.165) is 57.1 Å². The van der Waals surface area contributed by atoms with Crippen LogP contribution in [0.2, 0.25) is 5.02 Å². The van der Waals surface area contributed by atoms with Crippen LogP contribution < -0.4 is 5.32 Å². The normalized spacial score (nSPS) is 15.9. The molecule has 0 bridgehead atoms. The molecule has 0 spiro atoms. The van der Waals surface area contributed by atoms with Crippen molar-refractivity contribution >= 4 is 17.6 Å². The summed E-state index contributed by atoms with van der Waals surface area (Å²) in [5.74, 6) is 0.494. The van der Waals surface area contributed by atoms with Gasteiger partial charge in [-0.25, -0.2) is 4.79 Å². The van der Waals surface area contributed by atoms with Gasteiger partial charge in [0.1, 0.15) is 0 Å². The van der Waals surface area contributed by atoms with E-state index in [0.29, 0.717) is 5.92 Å². The van der Waals surface area contributed by atoms with E-state index in [9.17, 15) is 4.79 Å². The number of hydrogen-bond acceptors (Lipinski definition) is 2. The summed E-state index contributed by atoms with van der Waals surface area (Å²) in [4.78, 5) is 16.4. The van der Waals surface area contributed by atoms with Crippen molar-refractivity contribution in [3.63, 3.8) is 0 Å². The predicted molar refractivity (Wildman–Crippen MR) is 96.0 cm³/mol. The highest BCUT2D eigenvalue weighted by Crippen LogP contribution is 2.11. The van der Waals surface area contributed by atoms with E-state index in [1.54, 1.807) is 0 Å². The zero-order chi connectivity index (χ0) is 16.7. The van der Waals surface area contributed by atoms with Crippen LogP contribution in [0.25, 0.3) is 0 Å². The van der Waals surface area contributed by atoms with Gasteiger partial charge in [0.2, 0.25) is 0 Å². The first-order chi connectivity index (χ1) is 11.0. The zero-order valence-corrected chi connectivity index (χ0v) is 15.0. The highest BCUT2D eigenvalue weighted by molar-refractivity contribution is 6.30. The first-order valence-corrected chi connectivity index (χ1v) is 8.92. The SMILES string of the molecule is CC(C)CNC(=O)N1CCN(CCCc2ccc(Cl)cc2)CC1. The molecule has 0 aliphatic carbocycles. The second-order valence-electron chi connectivity index (χ2n) is 6.64. The van der Waals surface area contributed by atoms with Gasteiger partial charge < -0.3 is 10.2 Å². The lowest BCUT2D eigenvalue weighted by atomic mass is 10.1. The van der Waals surface area contributed by atoms with Gasteiger partial charge in [0.25, 0.3) is 0 Å². The second kappa shape index (κ2) is 9.14. The number of carbonyl (C=O) groups is 1. The quantitative estimate of drug-likeness (QED) is 0.864. The summed E-state index contributed by atoms with van der Waals surface area (Å²) >= 11 is 5.90. The Morgan fingerprint density at radius 3 is 2.43 bits per heavy atom. The molecule has 1 aromatic rings. The molecule has 4 nitrogen and oxygen atoms in total. The number of carbonyl (C=O) groups excluding carboxylic acids is 1. The van der Waals surface area contributed by atoms with Crippen molar-refractivity contribution < 1.29 is 4.79 Å². The number of nitrogens with one attached hydrogen (secondary N) is 1. The van der Waals surface area contributed by atoms with Gasteiger partial charge in [-0.3, -0.25) is 4.90 Å². The Morgan fingerprint density at radius 1 is 1.17 bits per heavy atom. The van der Waals surface area contributed by atoms with Crippen LogP contribution in [0.3, 0.4) is 0 Å². The van der Waals surface area contributed by atoms with Crippen LogP contribution in [0.5, 0.6) is 0 Å². The molecule has 1 heterocycles. The predicted octanol–water partition coefficient (Wildman–Crippen LogP) is 3.26. The van der Waals surface area contributed by atoms with Crippen molar-refractivity contribution in [3.05, 3.63) is 34.9 Å². The third kappa shape index (κ3) is 6.40. The molecule has 1 aliphatic rings. The highest BCUT2D eigenvalue weighted by atomic mass is 35.5. The average Bonchev–Trinajstić information content (AvgIpc) is 2.55. The molecule has 5 heteroatoms. The molecule has 1 aliphatic heterocycles. The van der Waals surface area contributed by atoms with Crippen LogP contribution >= 0.6 is 11.6 Å². The fourth-order valence-corrected chi connectivity index (χ4v) is 2.86. The van der Waals surface area contributed by atoms with Crippen molar-refractivity contribution in [2.75, 3.05) is 39.3 Å². The maximum atomic E-state index is 12.0. The molecule has 1 saturated heterocycles. The minimum atomic E-state index is 0.0829. The Labute approximate surface area is 144 Å². The third-order valence-electron chi connectivity index (χ3n) is 4.17. The van der Waals surface area contributed by atoms with E-state index in [1.807, 2.05) is 17.0 Å². The first kappa shape index (κ1) is 18.1. The highest BCUT2D eigenvalue weighted by Gasteiger charge is 2.20. The van der Waals surface area contributed by atoms with Crippen LogP contribution in [-0.4, -0.2) is 55.1 Å². The smallest absolute Gasteiger partial charge is 0.317 e. The number of benzene rings is 1. The van der Waals surface area contributed by atoms with E-state index >= 15 is 0 Å². The lowest BCUT2D eigenvalue weighted by Crippen LogP contribution is -2.52. The molecule has 0 aromatic heterocycles. The molecule has 1 N–H and O–H groups in total. The summed E-state index contributed by atoms with van der Waals surface area (Å²) in [6.07, 6.45) is 2.22. The molecule has 1 aromatic carbocycles. The van der Waals surface area contributed by atoms with Crippen molar-refractivity contribution in [2.45, 2.75) is 26.7 Å². The van der Waals surface area contributed by atoms with Crippen LogP contribution in [0.1, 0.15) is 25.8 Å². The van der Waals surface area contributed by atoms with Gasteiger partial charge in [0.15, 0.2) is 0 Å². The number of halogens is 1. The van der Waals surface area contributed by atoms with Gasteiger partial charge >= 0.3 is 6.03 Å². The van der Waals surface area contributed by atoms with E-state index in [4.69, 9.17) is 11.6 Å². The molecular weight excluding hydrogens is 310 g/mol. The van der Waals surface area contributed by atoms with Crippen LogP contribution in [-0.2, 0) is 6.42 Å². The maximum Gasteiger partial charge on any atom is 0.317 e. The number of amides is 2. The summed E-state index contributed by atoms with van der Waals surface area (Å²) in [7, 11) is 0. The van der Waals surface area contributed by atoms with Gasteiger partial charge in [0.05, 0.1) is 0 Å². The molecular formula is C18H28ClN3O. The lowest BCUT2D eigenvalue weighted by Gasteiger charge is -2.34. The van der Waals surface area contributed by atoms with Crippen LogP contribution in [0, 0.1) is 5.92 Å². The Hall–Kier alpha value is -1.26. The average molecular weight is 338 g/mol. The molecule has 0 atom stereocenters. The van der Waals surface area contributed by atoms with Gasteiger partial charge in [-0.1, -0.05) is 37.6 Å². The Balaban J connectivity index is 1.62. The summed E-state index contributed by atoms with van der Waals surface area (Å²) < 4.78 is 0. The third-order valence-corrected chi connectivity index (χ3v) is 4.43. The van der Waals surface area contributed by atoms with Gasteiger partial charge in [-0.05, 0) is 43.0 Å². The second-order valence-corrected chi connectivity index (χ2v) is 7.08. The number of nitrogens with zero attached hydrogens (tertiary/aromatic N) is 2. The minimum Gasteiger partial charge on any atom is -0.338 e. The van der Waals surface area contributed by atoms with E-state index in [-0.39, 0.29) is 6.03 Å². The molecule has 0 unspecified atom stereocenters. The van der Waals surface area contributed by atoms with Crippen molar-refractivity contribution in [3.8, 4) is 0 Å². The molecule has 128 valence electrons. The summed E-state index contributed by atoms with van der Waals surface area (Å²) in [5.41, 5.74) is 1.33. The van der Waals surface area contributed by atoms with Crippen LogP contribution in [0.4, 0.5) is 4.79 Å². The lowest BCUT2D eigenvalue weighted by molar-refractivity contribution is 0.138. The number of urea groups is 1. The van der Waals surface area contributed by atoms with E-state index in [1.165, 1.54) is 5.56 Å². The van der Waals surface area contributed by atoms with Gasteiger partial charge in [-0.15, -0.1) is 0 Å². The largest absolute Gasteiger partial charge is 0.338 e. The van der Waals surface area contributed by atoms with Gasteiger partial charge in [-0.2, -0.15) is 0 Å². The Bertz CT molecular complexity index is 482. The first-order valence-electron chi connectivity index (χ1n) is 8.54. The summed E-state index contributed by atoms with van der Waals surface area (Å²) in [5, 5.41) is 3.79. The fourth-order valence-electron chi connectivity index (χ4n) is 2.74. The van der Waals surface area contributed by atoms with Crippen molar-refractivity contribution in [1.82, 2.24) is 15.1 Å². The number of hydrogen-bond donors (Lipinski definition) is 1. The monoisotopic (exact) mass is 337 g/mol. The van der Waals surface area contributed by atoms with E-state index in [2.05, 4.69) is 36.2 Å². The zero-order valence-electron chi connectivity index (χ0n) is 14.2. The number of aryl methyl sites for hydroxylation is 1. The molecule has 2 amide bonds. The Morgan fingerprint density at radius 2 is 1.83 bits per heavy atom. The van der Waals surface area contributed by atoms with Crippen LogP contribution in [0.15, 0.2) is 24.3 Å². The molecule has 1 fully saturated rings. The molecule has 0 saturated carbocycles. The minimum absolute atomic E-state index is 0.0829. The molecule has 2 rings (SSSR count). The summed E-state index contributed by atoms with van der Waals surface area (Å²) in [6, 6.07) is 8.18. The summed E-state index contributed by atoms with van der Waals surface area (Å²) in [6.45, 7) is 9.64. The Kier molecular flexibility index (Phi) is 7.18. The topological polar surface area (TPSA) is 35.6 Å². The van der Waals surface area contributed by atoms with E-state index < -0.39 is 0 Å². The standard InChI is InChI=1S/C18H28ClN3O/c1-15(2)14-20-18(23)22-12-10-21(11-13-22)9-3-4-16-5-7-17(19)8-6-16/h5-8,15H,3-4,9-14H2,1-2H3,(H,20,23). The maximum absolute atomic E-state index is 12.0. The van der Waals surface area contributed by atoms with Crippen molar-refractivity contribution in [2.24, 2.45) is 5.92 Å². The molecule has 0 radical (unpaired) electrons. The number of rotatable bonds is 6.